The molecule has 1 aromatic heterocycles. The second-order valence-corrected chi connectivity index (χ2v) is 6.10. The summed E-state index contributed by atoms with van der Waals surface area (Å²) in [7, 11) is 1.61. The van der Waals surface area contributed by atoms with Crippen LogP contribution in [0.4, 0.5) is 0 Å². The van der Waals surface area contributed by atoms with Gasteiger partial charge < -0.3 is 15.4 Å². The van der Waals surface area contributed by atoms with Crippen LogP contribution in [0, 0.1) is 6.92 Å². The summed E-state index contributed by atoms with van der Waals surface area (Å²) in [5.74, 6) is 1.84. The molecule has 2 rings (SSSR count). The van der Waals surface area contributed by atoms with Gasteiger partial charge in [-0.15, -0.1) is 0 Å². The van der Waals surface area contributed by atoms with Crippen LogP contribution < -0.4 is 15.4 Å². The normalized spacial score (nSPS) is 12.6. The van der Waals surface area contributed by atoms with E-state index in [4.69, 9.17) is 4.74 Å². The summed E-state index contributed by atoms with van der Waals surface area (Å²) >= 11 is 0. The van der Waals surface area contributed by atoms with Gasteiger partial charge in [0.1, 0.15) is 0 Å². The van der Waals surface area contributed by atoms with Gasteiger partial charge in [0.25, 0.3) is 0 Å². The summed E-state index contributed by atoms with van der Waals surface area (Å²) in [6.45, 7) is 8.62. The van der Waals surface area contributed by atoms with Crippen LogP contribution in [0.5, 0.6) is 5.88 Å². The lowest BCUT2D eigenvalue weighted by Crippen LogP contribution is -2.39. The lowest BCUT2D eigenvalue weighted by Gasteiger charge is -2.16. The average molecular weight is 340 g/mol. The second-order valence-electron chi connectivity index (χ2n) is 6.10. The highest BCUT2D eigenvalue weighted by molar-refractivity contribution is 5.79. The highest BCUT2D eigenvalue weighted by Gasteiger charge is 2.06. The molecule has 0 aliphatic rings. The molecule has 0 saturated heterocycles. The number of hydrogen-bond donors (Lipinski definition) is 2. The molecule has 25 heavy (non-hydrogen) atoms. The van der Waals surface area contributed by atoms with Crippen LogP contribution in [0.1, 0.15) is 36.5 Å². The zero-order valence-electron chi connectivity index (χ0n) is 15.5. The van der Waals surface area contributed by atoms with Crippen molar-refractivity contribution in [3.05, 3.63) is 59.3 Å². The van der Waals surface area contributed by atoms with Crippen molar-refractivity contribution in [2.24, 2.45) is 4.99 Å². The number of hydrogen-bond acceptors (Lipinski definition) is 3. The molecule has 5 heteroatoms. The fraction of sp³-hybridized carbons (Fsp3) is 0.400. The molecule has 2 N–H and O–H groups in total. The Morgan fingerprint density at radius 3 is 2.52 bits per heavy atom. The van der Waals surface area contributed by atoms with Crippen LogP contribution in [0.3, 0.4) is 0 Å². The van der Waals surface area contributed by atoms with E-state index in [2.05, 4.69) is 65.6 Å². The second kappa shape index (κ2) is 9.67. The lowest BCUT2D eigenvalue weighted by molar-refractivity contribution is 0.397. The van der Waals surface area contributed by atoms with Crippen molar-refractivity contribution in [1.82, 2.24) is 15.6 Å². The molecule has 0 radical (unpaired) electrons. The first kappa shape index (κ1) is 18.8. The Morgan fingerprint density at radius 1 is 1.16 bits per heavy atom. The highest BCUT2D eigenvalue weighted by atomic mass is 16.5. The first-order chi connectivity index (χ1) is 12.1. The van der Waals surface area contributed by atoms with E-state index in [9.17, 15) is 0 Å². The van der Waals surface area contributed by atoms with Crippen molar-refractivity contribution in [3.63, 3.8) is 0 Å². The minimum atomic E-state index is 0.409. The summed E-state index contributed by atoms with van der Waals surface area (Å²) in [5.41, 5.74) is 3.66. The number of nitrogens with zero attached hydrogens (tertiary/aromatic N) is 2. The van der Waals surface area contributed by atoms with E-state index in [1.165, 1.54) is 11.1 Å². The Balaban J connectivity index is 1.93. The minimum Gasteiger partial charge on any atom is -0.481 e. The van der Waals surface area contributed by atoms with Gasteiger partial charge in [-0.3, -0.25) is 0 Å². The Labute approximate surface area is 150 Å². The van der Waals surface area contributed by atoms with E-state index in [-0.39, 0.29) is 0 Å². The summed E-state index contributed by atoms with van der Waals surface area (Å²) in [5, 5.41) is 6.71. The van der Waals surface area contributed by atoms with Gasteiger partial charge in [-0.2, -0.15) is 0 Å². The van der Waals surface area contributed by atoms with Crippen molar-refractivity contribution in [1.29, 1.82) is 0 Å². The quantitative estimate of drug-likeness (QED) is 0.600. The van der Waals surface area contributed by atoms with Gasteiger partial charge in [-0.1, -0.05) is 42.8 Å². The van der Waals surface area contributed by atoms with Gasteiger partial charge in [-0.25, -0.2) is 9.98 Å². The molecule has 5 nitrogen and oxygen atoms in total. The third-order valence-corrected chi connectivity index (χ3v) is 3.99. The first-order valence-corrected chi connectivity index (χ1v) is 8.70. The topological polar surface area (TPSA) is 58.5 Å². The smallest absolute Gasteiger partial charge is 0.212 e. The number of methoxy groups -OCH3 is 1. The zero-order chi connectivity index (χ0) is 18.1. The number of aromatic nitrogens is 1. The molecule has 1 atom stereocenters. The lowest BCUT2D eigenvalue weighted by atomic mass is 10.0. The third-order valence-electron chi connectivity index (χ3n) is 3.99. The van der Waals surface area contributed by atoms with E-state index >= 15 is 0 Å². The minimum absolute atomic E-state index is 0.409. The van der Waals surface area contributed by atoms with E-state index in [1.54, 1.807) is 13.3 Å². The number of rotatable bonds is 7. The molecule has 0 aliphatic heterocycles. The summed E-state index contributed by atoms with van der Waals surface area (Å²) in [6.07, 6.45) is 1.79. The third kappa shape index (κ3) is 6.10. The van der Waals surface area contributed by atoms with Crippen LogP contribution in [0.2, 0.25) is 0 Å². The SMILES string of the molecule is CCNC(=NCc1ccc(OC)nc1)NCC(C)c1ccc(C)cc1. The predicted octanol–water partition coefficient (Wildman–Crippen LogP) is 3.26. The monoisotopic (exact) mass is 340 g/mol. The number of aliphatic imine (C=N–C) groups is 1. The molecular formula is C20H28N4O. The molecule has 2 aromatic rings. The van der Waals surface area contributed by atoms with Gasteiger partial charge in [0.05, 0.1) is 13.7 Å². The zero-order valence-corrected chi connectivity index (χ0v) is 15.5. The first-order valence-electron chi connectivity index (χ1n) is 8.70. The maximum atomic E-state index is 5.08. The van der Waals surface area contributed by atoms with Crippen LogP contribution in [0.15, 0.2) is 47.6 Å². The van der Waals surface area contributed by atoms with Gasteiger partial charge in [-0.05, 0) is 30.9 Å². The summed E-state index contributed by atoms with van der Waals surface area (Å²) in [4.78, 5) is 8.84. The fourth-order valence-electron chi connectivity index (χ4n) is 2.40. The molecule has 1 aromatic carbocycles. The Kier molecular flexibility index (Phi) is 7.26. The molecule has 1 heterocycles. The van der Waals surface area contributed by atoms with E-state index in [1.807, 2.05) is 12.1 Å². The summed E-state index contributed by atoms with van der Waals surface area (Å²) in [6, 6.07) is 12.5. The number of benzene rings is 1. The van der Waals surface area contributed by atoms with E-state index in [0.29, 0.717) is 18.3 Å². The molecule has 0 spiro atoms. The van der Waals surface area contributed by atoms with Crippen molar-refractivity contribution in [2.75, 3.05) is 20.2 Å². The van der Waals surface area contributed by atoms with Crippen LogP contribution in [-0.4, -0.2) is 31.1 Å². The van der Waals surface area contributed by atoms with Crippen molar-refractivity contribution < 1.29 is 4.74 Å². The largest absolute Gasteiger partial charge is 0.481 e. The molecule has 0 fully saturated rings. The maximum absolute atomic E-state index is 5.08. The molecule has 0 aliphatic carbocycles. The van der Waals surface area contributed by atoms with Gasteiger partial charge in [0, 0.05) is 25.4 Å². The van der Waals surface area contributed by atoms with Crippen LogP contribution in [0.25, 0.3) is 0 Å². The Morgan fingerprint density at radius 2 is 1.92 bits per heavy atom. The summed E-state index contributed by atoms with van der Waals surface area (Å²) < 4.78 is 5.08. The van der Waals surface area contributed by atoms with E-state index in [0.717, 1.165) is 24.6 Å². The maximum Gasteiger partial charge on any atom is 0.212 e. The van der Waals surface area contributed by atoms with Gasteiger partial charge in [0.2, 0.25) is 5.88 Å². The predicted molar refractivity (Wildman–Crippen MR) is 103 cm³/mol. The molecule has 0 amide bonds. The number of nitrogens with one attached hydrogen (secondary N) is 2. The van der Waals surface area contributed by atoms with Gasteiger partial charge in [0.15, 0.2) is 5.96 Å². The molecule has 0 bridgehead atoms. The Hall–Kier alpha value is -2.56. The number of pyridine rings is 1. The number of ether oxygens (including phenoxy) is 1. The number of guanidine groups is 1. The van der Waals surface area contributed by atoms with E-state index < -0.39 is 0 Å². The molecule has 0 saturated carbocycles. The molecule has 134 valence electrons. The standard InChI is InChI=1S/C20H28N4O/c1-5-21-20(24-14-17-8-11-19(25-4)22-13-17)23-12-16(3)18-9-6-15(2)7-10-18/h6-11,13,16H,5,12,14H2,1-4H3,(H2,21,23,24). The van der Waals surface area contributed by atoms with Crippen molar-refractivity contribution in [3.8, 4) is 5.88 Å². The van der Waals surface area contributed by atoms with Crippen LogP contribution >= 0.6 is 0 Å². The molecular weight excluding hydrogens is 312 g/mol. The average Bonchev–Trinajstić information content (AvgIpc) is 2.64. The van der Waals surface area contributed by atoms with Crippen molar-refractivity contribution >= 4 is 5.96 Å². The van der Waals surface area contributed by atoms with Crippen molar-refractivity contribution in [2.45, 2.75) is 33.2 Å². The fourth-order valence-corrected chi connectivity index (χ4v) is 2.40. The van der Waals surface area contributed by atoms with Gasteiger partial charge >= 0.3 is 0 Å². The van der Waals surface area contributed by atoms with Crippen LogP contribution in [-0.2, 0) is 6.54 Å². The number of aryl methyl sites for hydroxylation is 1. The highest BCUT2D eigenvalue weighted by Crippen LogP contribution is 2.14. The Bertz CT molecular complexity index is 665. The molecule has 1 unspecified atom stereocenters.